The van der Waals surface area contributed by atoms with Gasteiger partial charge in [-0.1, -0.05) is 42.0 Å². The molecule has 2 nitrogen and oxygen atoms in total. The Kier molecular flexibility index (Phi) is 4.33. The molecule has 0 aliphatic heterocycles. The van der Waals surface area contributed by atoms with Crippen LogP contribution in [-0.2, 0) is 5.41 Å². The van der Waals surface area contributed by atoms with Crippen molar-refractivity contribution in [3.05, 3.63) is 89.0 Å². The van der Waals surface area contributed by atoms with Crippen LogP contribution in [0.1, 0.15) is 39.9 Å². The zero-order valence-corrected chi connectivity index (χ0v) is 14.4. The lowest BCUT2D eigenvalue weighted by Crippen LogP contribution is -2.35. The Balaban J connectivity index is 2.43. The highest BCUT2D eigenvalue weighted by molar-refractivity contribution is 6.31. The van der Waals surface area contributed by atoms with E-state index in [2.05, 4.69) is 13.2 Å². The number of fused-ring (bicyclic) bond motifs is 2. The van der Waals surface area contributed by atoms with E-state index in [1.165, 1.54) is 0 Å². The average Bonchev–Trinajstić information content (AvgIpc) is 2.59. The van der Waals surface area contributed by atoms with E-state index in [1.54, 1.807) is 13.2 Å². The molecule has 2 aromatic rings. The predicted octanol–water partition coefficient (Wildman–Crippen LogP) is 5.33. The van der Waals surface area contributed by atoms with Crippen LogP contribution in [0.4, 0.5) is 0 Å². The maximum atomic E-state index is 13.1. The molecule has 0 saturated heterocycles. The molecule has 24 heavy (non-hydrogen) atoms. The van der Waals surface area contributed by atoms with Crippen molar-refractivity contribution in [2.45, 2.75) is 18.3 Å². The van der Waals surface area contributed by atoms with E-state index in [9.17, 15) is 4.79 Å². The molecule has 3 rings (SSSR count). The van der Waals surface area contributed by atoms with Gasteiger partial charge in [-0.05, 0) is 42.2 Å². The van der Waals surface area contributed by atoms with Crippen molar-refractivity contribution >= 4 is 17.4 Å². The second-order valence-electron chi connectivity index (χ2n) is 5.97. The summed E-state index contributed by atoms with van der Waals surface area (Å²) in [6, 6.07) is 11.3. The van der Waals surface area contributed by atoms with Gasteiger partial charge in [0.2, 0.25) is 0 Å². The largest absolute Gasteiger partial charge is 0.496 e. The fourth-order valence-electron chi connectivity index (χ4n) is 3.75. The minimum Gasteiger partial charge on any atom is -0.496 e. The lowest BCUT2D eigenvalue weighted by atomic mass is 9.62. The van der Waals surface area contributed by atoms with Gasteiger partial charge >= 0.3 is 0 Å². The van der Waals surface area contributed by atoms with Crippen molar-refractivity contribution in [1.29, 1.82) is 0 Å². The molecule has 1 aliphatic carbocycles. The molecule has 0 N–H and O–H groups in total. The zero-order chi connectivity index (χ0) is 17.3. The summed E-state index contributed by atoms with van der Waals surface area (Å²) >= 11 is 6.17. The number of rotatable bonds is 5. The van der Waals surface area contributed by atoms with Crippen LogP contribution in [-0.4, -0.2) is 12.9 Å². The van der Waals surface area contributed by atoms with Crippen LogP contribution in [0.5, 0.6) is 5.75 Å². The average molecular weight is 339 g/mol. The lowest BCUT2D eigenvalue weighted by Gasteiger charge is -2.40. The second-order valence-corrected chi connectivity index (χ2v) is 6.41. The number of methoxy groups -OCH3 is 1. The molecule has 0 spiro atoms. The van der Waals surface area contributed by atoms with Crippen LogP contribution in [0, 0.1) is 0 Å². The van der Waals surface area contributed by atoms with Gasteiger partial charge in [0.15, 0.2) is 5.78 Å². The highest BCUT2D eigenvalue weighted by atomic mass is 35.5. The number of hydrogen-bond donors (Lipinski definition) is 0. The first-order valence-electron chi connectivity index (χ1n) is 7.83. The molecule has 0 radical (unpaired) electrons. The molecule has 0 atom stereocenters. The topological polar surface area (TPSA) is 26.3 Å². The van der Waals surface area contributed by atoms with Gasteiger partial charge in [-0.3, -0.25) is 4.79 Å². The van der Waals surface area contributed by atoms with E-state index >= 15 is 0 Å². The number of ketones is 1. The van der Waals surface area contributed by atoms with Crippen LogP contribution in [0.2, 0.25) is 5.02 Å². The molecule has 0 unspecified atom stereocenters. The van der Waals surface area contributed by atoms with E-state index in [4.69, 9.17) is 16.3 Å². The van der Waals surface area contributed by atoms with Gasteiger partial charge < -0.3 is 4.74 Å². The molecule has 3 heteroatoms. The Labute approximate surface area is 147 Å². The number of ether oxygens (including phenoxy) is 1. The lowest BCUT2D eigenvalue weighted by molar-refractivity contribution is 0.102. The maximum Gasteiger partial charge on any atom is 0.197 e. The van der Waals surface area contributed by atoms with Crippen molar-refractivity contribution in [2.75, 3.05) is 7.11 Å². The number of hydrogen-bond acceptors (Lipinski definition) is 2. The maximum absolute atomic E-state index is 13.1. The number of allylic oxidation sites excluding steroid dienone is 2. The zero-order valence-electron chi connectivity index (χ0n) is 13.6. The Morgan fingerprint density at radius 1 is 1.12 bits per heavy atom. The molecule has 0 fully saturated rings. The fourth-order valence-corrected chi connectivity index (χ4v) is 3.92. The SMILES string of the molecule is C=CCC1(CC=C)c2ccc(Cl)cc2C(=O)c2c(OC)cccc21. The van der Waals surface area contributed by atoms with Gasteiger partial charge in [0.05, 0.1) is 12.7 Å². The summed E-state index contributed by atoms with van der Waals surface area (Å²) in [5.74, 6) is 0.532. The van der Waals surface area contributed by atoms with Crippen molar-refractivity contribution in [3.8, 4) is 5.75 Å². The normalized spacial score (nSPS) is 14.5. The molecule has 1 aliphatic rings. The van der Waals surface area contributed by atoms with Gasteiger partial charge in [-0.2, -0.15) is 0 Å². The second kappa shape index (κ2) is 6.29. The first-order chi connectivity index (χ1) is 11.6. The third kappa shape index (κ3) is 2.30. The molecule has 0 saturated carbocycles. The Bertz CT molecular complexity index is 826. The quantitative estimate of drug-likeness (QED) is 0.688. The van der Waals surface area contributed by atoms with Gasteiger partial charge in [-0.25, -0.2) is 0 Å². The van der Waals surface area contributed by atoms with E-state index in [0.717, 1.165) is 11.1 Å². The summed E-state index contributed by atoms with van der Waals surface area (Å²) in [6.07, 6.45) is 5.17. The van der Waals surface area contributed by atoms with E-state index in [1.807, 2.05) is 42.5 Å². The van der Waals surface area contributed by atoms with Crippen LogP contribution < -0.4 is 4.74 Å². The summed E-state index contributed by atoms with van der Waals surface area (Å²) in [6.45, 7) is 7.86. The van der Waals surface area contributed by atoms with Crippen LogP contribution >= 0.6 is 11.6 Å². The molecule has 2 aromatic carbocycles. The number of carbonyl (C=O) groups excluding carboxylic acids is 1. The van der Waals surface area contributed by atoms with Crippen LogP contribution in [0.15, 0.2) is 61.7 Å². The molecule has 0 amide bonds. The summed E-state index contributed by atoms with van der Waals surface area (Å²) in [4.78, 5) is 13.1. The number of halogens is 1. The predicted molar refractivity (Wildman–Crippen MR) is 98.3 cm³/mol. The van der Waals surface area contributed by atoms with Gasteiger partial charge in [0.25, 0.3) is 0 Å². The van der Waals surface area contributed by atoms with E-state index in [0.29, 0.717) is 34.7 Å². The standard InChI is InChI=1S/C21H19ClO2/c1-4-11-21(12-5-2)16-10-9-14(22)13-15(16)20(23)19-17(21)7-6-8-18(19)24-3/h4-10,13H,1-2,11-12H2,3H3. The molecular formula is C21H19ClO2. The Hall–Kier alpha value is -2.32. The number of benzene rings is 2. The minimum atomic E-state index is -0.388. The van der Waals surface area contributed by atoms with Gasteiger partial charge in [-0.15, -0.1) is 13.2 Å². The third-order valence-electron chi connectivity index (χ3n) is 4.72. The smallest absolute Gasteiger partial charge is 0.197 e. The first-order valence-corrected chi connectivity index (χ1v) is 8.21. The van der Waals surface area contributed by atoms with E-state index in [-0.39, 0.29) is 11.2 Å². The fraction of sp³-hybridized carbons (Fsp3) is 0.190. The monoisotopic (exact) mass is 338 g/mol. The summed E-state index contributed by atoms with van der Waals surface area (Å²) in [5, 5.41) is 0.548. The highest BCUT2D eigenvalue weighted by Gasteiger charge is 2.43. The van der Waals surface area contributed by atoms with Gasteiger partial charge in [0.1, 0.15) is 5.75 Å². The van der Waals surface area contributed by atoms with Crippen molar-refractivity contribution < 1.29 is 9.53 Å². The van der Waals surface area contributed by atoms with E-state index < -0.39 is 0 Å². The summed E-state index contributed by atoms with van der Waals surface area (Å²) < 4.78 is 5.47. The molecular weight excluding hydrogens is 320 g/mol. The Morgan fingerprint density at radius 2 is 1.83 bits per heavy atom. The van der Waals surface area contributed by atoms with Gasteiger partial charge in [0, 0.05) is 16.0 Å². The van der Waals surface area contributed by atoms with Crippen LogP contribution in [0.3, 0.4) is 0 Å². The molecule has 0 heterocycles. The molecule has 0 bridgehead atoms. The Morgan fingerprint density at radius 3 is 2.46 bits per heavy atom. The molecule has 122 valence electrons. The highest BCUT2D eigenvalue weighted by Crippen LogP contribution is 2.49. The number of carbonyl (C=O) groups is 1. The molecule has 0 aromatic heterocycles. The van der Waals surface area contributed by atoms with Crippen molar-refractivity contribution in [2.24, 2.45) is 0 Å². The van der Waals surface area contributed by atoms with Crippen molar-refractivity contribution in [1.82, 2.24) is 0 Å². The van der Waals surface area contributed by atoms with Crippen molar-refractivity contribution in [3.63, 3.8) is 0 Å². The summed E-state index contributed by atoms with van der Waals surface area (Å²) in [7, 11) is 1.58. The van der Waals surface area contributed by atoms with Crippen LogP contribution in [0.25, 0.3) is 0 Å². The minimum absolute atomic E-state index is 0.0521. The third-order valence-corrected chi connectivity index (χ3v) is 4.95. The summed E-state index contributed by atoms with van der Waals surface area (Å²) in [5.41, 5.74) is 2.78. The first kappa shape index (κ1) is 16.5.